The molecular formula is C16H20F3N. The van der Waals surface area contributed by atoms with Crippen molar-refractivity contribution in [2.45, 2.75) is 51.1 Å². The molecule has 1 atom stereocenters. The maximum atomic E-state index is 13.1. The van der Waals surface area contributed by atoms with E-state index in [9.17, 15) is 13.2 Å². The van der Waals surface area contributed by atoms with E-state index in [0.717, 1.165) is 18.4 Å². The summed E-state index contributed by atoms with van der Waals surface area (Å²) in [7, 11) is 0. The number of hydrogen-bond donors (Lipinski definition) is 1. The van der Waals surface area contributed by atoms with Crippen LogP contribution >= 0.6 is 0 Å². The number of halogens is 3. The Kier molecular flexibility index (Phi) is 3.22. The largest absolute Gasteiger partial charge is 0.418 e. The summed E-state index contributed by atoms with van der Waals surface area (Å²) in [6.45, 7) is 2.88. The van der Waals surface area contributed by atoms with Gasteiger partial charge in [0.25, 0.3) is 0 Å². The number of benzene rings is 1. The van der Waals surface area contributed by atoms with E-state index in [1.807, 2.05) is 6.07 Å². The van der Waals surface area contributed by atoms with Gasteiger partial charge >= 0.3 is 6.18 Å². The molecule has 0 amide bonds. The first-order valence-corrected chi connectivity index (χ1v) is 7.36. The van der Waals surface area contributed by atoms with Crippen LogP contribution in [0.4, 0.5) is 18.9 Å². The van der Waals surface area contributed by atoms with Crippen molar-refractivity contribution in [3.63, 3.8) is 0 Å². The molecule has 1 heterocycles. The van der Waals surface area contributed by atoms with E-state index in [1.165, 1.54) is 25.3 Å². The SMILES string of the molecule is CC1(C2CNc3c2cccc3C(F)(F)F)CCCCC1. The molecule has 2 aliphatic rings. The maximum absolute atomic E-state index is 13.1. The number of para-hydroxylation sites is 1. The van der Waals surface area contributed by atoms with Crippen molar-refractivity contribution in [2.75, 3.05) is 11.9 Å². The highest BCUT2D eigenvalue weighted by Crippen LogP contribution is 2.52. The lowest BCUT2D eigenvalue weighted by Crippen LogP contribution is -2.29. The number of fused-ring (bicyclic) bond motifs is 1. The van der Waals surface area contributed by atoms with Crippen LogP contribution in [0.2, 0.25) is 0 Å². The van der Waals surface area contributed by atoms with E-state index in [4.69, 9.17) is 0 Å². The summed E-state index contributed by atoms with van der Waals surface area (Å²) in [4.78, 5) is 0. The van der Waals surface area contributed by atoms with Gasteiger partial charge in [-0.05, 0) is 29.9 Å². The molecular weight excluding hydrogens is 263 g/mol. The molecule has 1 aromatic carbocycles. The van der Waals surface area contributed by atoms with Crippen molar-refractivity contribution in [3.05, 3.63) is 29.3 Å². The predicted molar refractivity (Wildman–Crippen MR) is 73.9 cm³/mol. The molecule has 0 spiro atoms. The highest BCUT2D eigenvalue weighted by Gasteiger charge is 2.43. The fraction of sp³-hybridized carbons (Fsp3) is 0.625. The van der Waals surface area contributed by atoms with Crippen LogP contribution in [-0.4, -0.2) is 6.54 Å². The fourth-order valence-corrected chi connectivity index (χ4v) is 3.94. The van der Waals surface area contributed by atoms with E-state index < -0.39 is 11.7 Å². The van der Waals surface area contributed by atoms with Crippen molar-refractivity contribution in [1.29, 1.82) is 0 Å². The Morgan fingerprint density at radius 2 is 1.85 bits per heavy atom. The second-order valence-corrected chi connectivity index (χ2v) is 6.42. The highest BCUT2D eigenvalue weighted by atomic mass is 19.4. The molecule has 0 radical (unpaired) electrons. The molecule has 1 unspecified atom stereocenters. The van der Waals surface area contributed by atoms with Crippen LogP contribution in [0.15, 0.2) is 18.2 Å². The summed E-state index contributed by atoms with van der Waals surface area (Å²) in [5.41, 5.74) is 0.804. The standard InChI is InChI=1S/C16H20F3N/c1-15(8-3-2-4-9-15)13-10-20-14-11(13)6-5-7-12(14)16(17,18)19/h5-7,13,20H,2-4,8-10H2,1H3. The van der Waals surface area contributed by atoms with Gasteiger partial charge in [0.1, 0.15) is 0 Å². The molecule has 110 valence electrons. The van der Waals surface area contributed by atoms with E-state index in [-0.39, 0.29) is 11.3 Å². The van der Waals surface area contributed by atoms with Gasteiger partial charge in [0.15, 0.2) is 0 Å². The van der Waals surface area contributed by atoms with Gasteiger partial charge in [0, 0.05) is 18.2 Å². The van der Waals surface area contributed by atoms with E-state index in [2.05, 4.69) is 12.2 Å². The van der Waals surface area contributed by atoms with Gasteiger partial charge in [-0.1, -0.05) is 38.3 Å². The Balaban J connectivity index is 1.98. The molecule has 1 N–H and O–H groups in total. The highest BCUT2D eigenvalue weighted by molar-refractivity contribution is 5.64. The van der Waals surface area contributed by atoms with Crippen LogP contribution in [0, 0.1) is 5.41 Å². The molecule has 4 heteroatoms. The quantitative estimate of drug-likeness (QED) is 0.748. The molecule has 1 saturated carbocycles. The molecule has 3 rings (SSSR count). The Morgan fingerprint density at radius 3 is 2.50 bits per heavy atom. The first kappa shape index (κ1) is 13.8. The lowest BCUT2D eigenvalue weighted by Gasteiger charge is -2.39. The average Bonchev–Trinajstić information content (AvgIpc) is 2.82. The minimum absolute atomic E-state index is 0.140. The zero-order valence-electron chi connectivity index (χ0n) is 11.7. The minimum atomic E-state index is -4.28. The Morgan fingerprint density at radius 1 is 1.15 bits per heavy atom. The first-order chi connectivity index (χ1) is 9.42. The van der Waals surface area contributed by atoms with E-state index >= 15 is 0 Å². The molecule has 1 fully saturated rings. The van der Waals surface area contributed by atoms with Crippen LogP contribution in [0.1, 0.15) is 56.1 Å². The number of alkyl halides is 3. The Labute approximate surface area is 117 Å². The summed E-state index contributed by atoms with van der Waals surface area (Å²) in [5.74, 6) is 0.208. The van der Waals surface area contributed by atoms with Gasteiger partial charge in [0.2, 0.25) is 0 Å². The van der Waals surface area contributed by atoms with Crippen molar-refractivity contribution in [3.8, 4) is 0 Å². The average molecular weight is 283 g/mol. The second kappa shape index (κ2) is 4.68. The van der Waals surface area contributed by atoms with Crippen LogP contribution in [0.5, 0.6) is 0 Å². The maximum Gasteiger partial charge on any atom is 0.418 e. The Bertz CT molecular complexity index is 501. The van der Waals surface area contributed by atoms with Gasteiger partial charge < -0.3 is 5.32 Å². The van der Waals surface area contributed by atoms with Crippen LogP contribution < -0.4 is 5.32 Å². The molecule has 0 saturated heterocycles. The summed E-state index contributed by atoms with van der Waals surface area (Å²) < 4.78 is 39.2. The molecule has 1 aromatic rings. The summed E-state index contributed by atoms with van der Waals surface area (Å²) in [5, 5.41) is 3.03. The summed E-state index contributed by atoms with van der Waals surface area (Å²) in [6, 6.07) is 4.60. The lowest BCUT2D eigenvalue weighted by atomic mass is 9.65. The Hall–Kier alpha value is -1.19. The summed E-state index contributed by atoms with van der Waals surface area (Å²) in [6.07, 6.45) is 1.61. The normalized spacial score (nSPS) is 25.1. The number of nitrogens with one attached hydrogen (secondary N) is 1. The van der Waals surface area contributed by atoms with Gasteiger partial charge in [-0.3, -0.25) is 0 Å². The van der Waals surface area contributed by atoms with Crippen molar-refractivity contribution < 1.29 is 13.2 Å². The van der Waals surface area contributed by atoms with E-state index in [1.54, 1.807) is 6.07 Å². The molecule has 1 aliphatic carbocycles. The number of hydrogen-bond acceptors (Lipinski definition) is 1. The van der Waals surface area contributed by atoms with Crippen LogP contribution in [0.3, 0.4) is 0 Å². The molecule has 0 aromatic heterocycles. The lowest BCUT2D eigenvalue weighted by molar-refractivity contribution is -0.136. The molecule has 1 nitrogen and oxygen atoms in total. The van der Waals surface area contributed by atoms with Crippen LogP contribution in [0.25, 0.3) is 0 Å². The van der Waals surface area contributed by atoms with Gasteiger partial charge in [-0.25, -0.2) is 0 Å². The van der Waals surface area contributed by atoms with Crippen molar-refractivity contribution in [1.82, 2.24) is 0 Å². The monoisotopic (exact) mass is 283 g/mol. The van der Waals surface area contributed by atoms with Crippen molar-refractivity contribution in [2.24, 2.45) is 5.41 Å². The third kappa shape index (κ3) is 2.19. The van der Waals surface area contributed by atoms with Gasteiger partial charge in [-0.2, -0.15) is 13.2 Å². The summed E-state index contributed by atoms with van der Waals surface area (Å²) >= 11 is 0. The van der Waals surface area contributed by atoms with Crippen LogP contribution in [-0.2, 0) is 6.18 Å². The third-order valence-corrected chi connectivity index (χ3v) is 5.10. The molecule has 0 bridgehead atoms. The molecule has 20 heavy (non-hydrogen) atoms. The first-order valence-electron chi connectivity index (χ1n) is 7.36. The topological polar surface area (TPSA) is 12.0 Å². The zero-order valence-corrected chi connectivity index (χ0v) is 11.7. The number of anilines is 1. The smallest absolute Gasteiger partial charge is 0.384 e. The van der Waals surface area contributed by atoms with Gasteiger partial charge in [-0.15, -0.1) is 0 Å². The van der Waals surface area contributed by atoms with Crippen molar-refractivity contribution >= 4 is 5.69 Å². The second-order valence-electron chi connectivity index (χ2n) is 6.42. The number of rotatable bonds is 1. The predicted octanol–water partition coefficient (Wildman–Crippen LogP) is 5.18. The molecule has 1 aliphatic heterocycles. The zero-order chi connectivity index (χ0) is 14.4. The van der Waals surface area contributed by atoms with E-state index in [0.29, 0.717) is 12.2 Å². The fourth-order valence-electron chi connectivity index (χ4n) is 3.94. The third-order valence-electron chi connectivity index (χ3n) is 5.10. The van der Waals surface area contributed by atoms with Gasteiger partial charge in [0.05, 0.1) is 5.56 Å². The minimum Gasteiger partial charge on any atom is -0.384 e.